The maximum atomic E-state index is 12.1. The van der Waals surface area contributed by atoms with Crippen molar-refractivity contribution in [2.24, 2.45) is 5.92 Å². The maximum absolute atomic E-state index is 12.1. The summed E-state index contributed by atoms with van der Waals surface area (Å²) in [6.07, 6.45) is 4.71. The summed E-state index contributed by atoms with van der Waals surface area (Å²) in [7, 11) is -3.01. The molecule has 154 valence electrons. The Morgan fingerprint density at radius 2 is 1.96 bits per heavy atom. The van der Waals surface area contributed by atoms with Crippen molar-refractivity contribution in [1.29, 1.82) is 0 Å². The Balaban J connectivity index is 1.35. The molecule has 0 bridgehead atoms. The fraction of sp³-hybridized carbons (Fsp3) is 0.650. The molecule has 0 amide bonds. The highest BCUT2D eigenvalue weighted by atomic mass is 32.2. The van der Waals surface area contributed by atoms with Gasteiger partial charge in [-0.05, 0) is 64.0 Å². The van der Waals surface area contributed by atoms with Gasteiger partial charge in [0.15, 0.2) is 5.58 Å². The van der Waals surface area contributed by atoms with Crippen molar-refractivity contribution in [2.45, 2.75) is 58.0 Å². The first-order valence-electron chi connectivity index (χ1n) is 10.2. The van der Waals surface area contributed by atoms with Crippen LogP contribution < -0.4 is 11.1 Å². The molecule has 2 fully saturated rings. The first-order chi connectivity index (χ1) is 13.3. The van der Waals surface area contributed by atoms with Crippen LogP contribution >= 0.6 is 0 Å². The molecule has 8 heteroatoms. The van der Waals surface area contributed by atoms with E-state index in [-0.39, 0.29) is 17.8 Å². The fourth-order valence-corrected chi connectivity index (χ4v) is 6.40. The van der Waals surface area contributed by atoms with E-state index in [0.717, 1.165) is 49.9 Å². The number of nitrogens with one attached hydrogen (secondary N) is 1. The van der Waals surface area contributed by atoms with E-state index in [2.05, 4.69) is 5.32 Å². The summed E-state index contributed by atoms with van der Waals surface area (Å²) in [6.45, 7) is 5.47. The topological polar surface area (TPSA) is 84.6 Å². The summed E-state index contributed by atoms with van der Waals surface area (Å²) < 4.78 is 33.0. The van der Waals surface area contributed by atoms with Gasteiger partial charge in [-0.2, -0.15) is 4.31 Å². The van der Waals surface area contributed by atoms with Gasteiger partial charge in [0.1, 0.15) is 0 Å². The quantitative estimate of drug-likeness (QED) is 0.823. The van der Waals surface area contributed by atoms with Crippen LogP contribution in [0, 0.1) is 5.92 Å². The van der Waals surface area contributed by atoms with Crippen LogP contribution in [-0.2, 0) is 10.0 Å². The number of benzene rings is 1. The van der Waals surface area contributed by atoms with Crippen LogP contribution in [-0.4, -0.2) is 42.2 Å². The Kier molecular flexibility index (Phi) is 5.26. The van der Waals surface area contributed by atoms with E-state index in [1.54, 1.807) is 8.87 Å². The zero-order valence-electron chi connectivity index (χ0n) is 16.6. The number of oxazole rings is 1. The molecule has 0 radical (unpaired) electrons. The zero-order valence-corrected chi connectivity index (χ0v) is 17.4. The Labute approximate surface area is 165 Å². The lowest BCUT2D eigenvalue weighted by molar-refractivity contribution is 0.229. The molecule has 1 saturated heterocycles. The van der Waals surface area contributed by atoms with E-state index in [9.17, 15) is 13.2 Å². The molecule has 2 aromatic rings. The molecule has 1 aliphatic carbocycles. The fourth-order valence-electron chi connectivity index (χ4n) is 4.60. The monoisotopic (exact) mass is 407 g/mol. The van der Waals surface area contributed by atoms with Crippen molar-refractivity contribution in [3.8, 4) is 0 Å². The van der Waals surface area contributed by atoms with Gasteiger partial charge in [0.2, 0.25) is 10.0 Å². The van der Waals surface area contributed by atoms with Gasteiger partial charge < -0.3 is 9.73 Å². The number of anilines is 1. The van der Waals surface area contributed by atoms with Crippen LogP contribution in [0.2, 0.25) is 0 Å². The highest BCUT2D eigenvalue weighted by Crippen LogP contribution is 2.31. The van der Waals surface area contributed by atoms with Crippen molar-refractivity contribution in [3.05, 3.63) is 28.7 Å². The van der Waals surface area contributed by atoms with E-state index < -0.39 is 10.0 Å². The summed E-state index contributed by atoms with van der Waals surface area (Å²) >= 11 is 0. The Bertz CT molecular complexity index is 1000. The van der Waals surface area contributed by atoms with Gasteiger partial charge >= 0.3 is 5.76 Å². The van der Waals surface area contributed by atoms with Crippen molar-refractivity contribution in [2.75, 3.05) is 24.2 Å². The minimum absolute atomic E-state index is 0.0576. The largest absolute Gasteiger partial charge is 0.420 e. The second kappa shape index (κ2) is 7.55. The SMILES string of the molecule is CC(C)n1c(=O)oc2cc(NC[C@H]3CC[C@H](N4CCCS4(=O)=O)CC3)ccc21. The normalized spacial score (nSPS) is 25.5. The lowest BCUT2D eigenvalue weighted by atomic mass is 9.86. The summed E-state index contributed by atoms with van der Waals surface area (Å²) in [4.78, 5) is 12.0. The van der Waals surface area contributed by atoms with Gasteiger partial charge in [0.25, 0.3) is 0 Å². The predicted molar refractivity (Wildman–Crippen MR) is 110 cm³/mol. The summed E-state index contributed by atoms with van der Waals surface area (Å²) in [5.74, 6) is 0.521. The highest BCUT2D eigenvalue weighted by molar-refractivity contribution is 7.89. The minimum atomic E-state index is -3.01. The number of hydrogen-bond acceptors (Lipinski definition) is 5. The number of fused-ring (bicyclic) bond motifs is 1. The molecule has 0 spiro atoms. The number of nitrogens with zero attached hydrogens (tertiary/aromatic N) is 2. The smallest absolute Gasteiger partial charge is 0.408 e. The molecule has 1 aromatic heterocycles. The van der Waals surface area contributed by atoms with Crippen LogP contribution in [0.3, 0.4) is 0 Å². The van der Waals surface area contributed by atoms with Crippen LogP contribution in [0.15, 0.2) is 27.4 Å². The van der Waals surface area contributed by atoms with Crippen molar-refractivity contribution in [1.82, 2.24) is 8.87 Å². The van der Waals surface area contributed by atoms with Crippen LogP contribution in [0.5, 0.6) is 0 Å². The molecule has 2 aliphatic rings. The second-order valence-electron chi connectivity index (χ2n) is 8.35. The highest BCUT2D eigenvalue weighted by Gasteiger charge is 2.36. The van der Waals surface area contributed by atoms with E-state index in [1.165, 1.54) is 0 Å². The molecule has 0 unspecified atom stereocenters. The lowest BCUT2D eigenvalue weighted by Crippen LogP contribution is -2.39. The number of aromatic nitrogens is 1. The van der Waals surface area contributed by atoms with Crippen molar-refractivity contribution in [3.63, 3.8) is 0 Å². The molecule has 1 N–H and O–H groups in total. The van der Waals surface area contributed by atoms with E-state index in [1.807, 2.05) is 32.0 Å². The van der Waals surface area contributed by atoms with E-state index in [0.29, 0.717) is 23.8 Å². The van der Waals surface area contributed by atoms with Crippen molar-refractivity contribution >= 4 is 26.8 Å². The van der Waals surface area contributed by atoms with Crippen LogP contribution in [0.1, 0.15) is 52.0 Å². The average Bonchev–Trinajstić information content (AvgIpc) is 3.17. The number of hydrogen-bond donors (Lipinski definition) is 1. The zero-order chi connectivity index (χ0) is 19.9. The number of rotatable bonds is 5. The molecule has 1 aliphatic heterocycles. The third-order valence-electron chi connectivity index (χ3n) is 6.09. The first-order valence-corrected chi connectivity index (χ1v) is 11.8. The summed E-state index contributed by atoms with van der Waals surface area (Å²) in [6, 6.07) is 6.04. The first kappa shape index (κ1) is 19.5. The van der Waals surface area contributed by atoms with E-state index in [4.69, 9.17) is 4.42 Å². The van der Waals surface area contributed by atoms with Crippen molar-refractivity contribution < 1.29 is 12.8 Å². The van der Waals surface area contributed by atoms with Crippen LogP contribution in [0.4, 0.5) is 5.69 Å². The molecule has 2 heterocycles. The standard InChI is InChI=1S/C20H29N3O4S/c1-14(2)23-18-9-6-16(12-19(18)27-20(23)24)21-13-15-4-7-17(8-5-15)22-10-3-11-28(22,25)26/h6,9,12,14-15,17,21H,3-5,7-8,10-11,13H2,1-2H3/t15-,17-. The van der Waals surface area contributed by atoms with Gasteiger partial charge in [0, 0.05) is 36.9 Å². The summed E-state index contributed by atoms with van der Waals surface area (Å²) in [5, 5.41) is 3.46. The molecule has 1 saturated carbocycles. The molecule has 4 rings (SSSR count). The van der Waals surface area contributed by atoms with Gasteiger partial charge in [-0.15, -0.1) is 0 Å². The van der Waals surface area contributed by atoms with E-state index >= 15 is 0 Å². The second-order valence-corrected chi connectivity index (χ2v) is 10.4. The van der Waals surface area contributed by atoms with Crippen LogP contribution in [0.25, 0.3) is 11.1 Å². The predicted octanol–water partition coefficient (Wildman–Crippen LogP) is 3.18. The Hall–Kier alpha value is -1.80. The third-order valence-corrected chi connectivity index (χ3v) is 8.09. The lowest BCUT2D eigenvalue weighted by Gasteiger charge is -2.33. The average molecular weight is 408 g/mol. The van der Waals surface area contributed by atoms with Gasteiger partial charge in [-0.25, -0.2) is 13.2 Å². The van der Waals surface area contributed by atoms with Gasteiger partial charge in [0.05, 0.1) is 11.3 Å². The third kappa shape index (κ3) is 3.72. The van der Waals surface area contributed by atoms with Gasteiger partial charge in [-0.3, -0.25) is 4.57 Å². The van der Waals surface area contributed by atoms with Gasteiger partial charge in [-0.1, -0.05) is 0 Å². The molecule has 0 atom stereocenters. The molecule has 1 aromatic carbocycles. The maximum Gasteiger partial charge on any atom is 0.420 e. The molecule has 28 heavy (non-hydrogen) atoms. The molecular formula is C20H29N3O4S. The Morgan fingerprint density at radius 1 is 1.21 bits per heavy atom. The number of sulfonamides is 1. The minimum Gasteiger partial charge on any atom is -0.408 e. The Morgan fingerprint density at radius 3 is 2.61 bits per heavy atom. The molecule has 7 nitrogen and oxygen atoms in total. The summed E-state index contributed by atoms with van der Waals surface area (Å²) in [5.41, 5.74) is 2.37. The molecular weight excluding hydrogens is 378 g/mol.